The summed E-state index contributed by atoms with van der Waals surface area (Å²) in [6, 6.07) is 7.97. The van der Waals surface area contributed by atoms with Gasteiger partial charge in [0.25, 0.3) is 6.43 Å². The number of benzene rings is 1. The minimum absolute atomic E-state index is 0.000556. The Morgan fingerprint density at radius 1 is 1.07 bits per heavy atom. The first kappa shape index (κ1) is 29.4. The van der Waals surface area contributed by atoms with Crippen molar-refractivity contribution >= 4 is 22.6 Å². The van der Waals surface area contributed by atoms with Crippen molar-refractivity contribution in [2.75, 3.05) is 18.0 Å². The molecule has 0 radical (unpaired) electrons. The van der Waals surface area contributed by atoms with Gasteiger partial charge in [0.05, 0.1) is 28.9 Å². The summed E-state index contributed by atoms with van der Waals surface area (Å²) in [6.45, 7) is 4.50. The molecule has 0 spiro atoms. The lowest BCUT2D eigenvalue weighted by atomic mass is 9.89. The molecule has 1 fully saturated rings. The quantitative estimate of drug-likeness (QED) is 0.311. The summed E-state index contributed by atoms with van der Waals surface area (Å²) in [5, 5.41) is 23.6. The fraction of sp³-hybridized carbons (Fsp3) is 0.345. The molecular weight excluding hydrogens is 566 g/mol. The SMILES string of the molecule is C[C@@H]1CN(c2ncnc3c(-c4cc(C#N)n(C)n4)ccc(-c4ncc(F)cc4F)c23)[C@@H](C)CN1C(=O)[C@](C)(C#N)C(F)F. The van der Waals surface area contributed by atoms with Gasteiger partial charge in [-0.25, -0.2) is 27.5 Å². The number of halogens is 4. The lowest BCUT2D eigenvalue weighted by Crippen LogP contribution is -2.61. The van der Waals surface area contributed by atoms with E-state index in [0.29, 0.717) is 39.7 Å². The third-order valence-corrected chi connectivity index (χ3v) is 7.73. The van der Waals surface area contributed by atoms with Crippen LogP contribution in [0.15, 0.2) is 36.8 Å². The Hall–Kier alpha value is -5.11. The maximum atomic E-state index is 15.1. The van der Waals surface area contributed by atoms with Crippen LogP contribution in [-0.2, 0) is 11.8 Å². The molecule has 3 aromatic heterocycles. The van der Waals surface area contributed by atoms with Gasteiger partial charge in [-0.1, -0.05) is 6.07 Å². The number of nitrogens with zero attached hydrogens (tertiary/aromatic N) is 9. The zero-order valence-corrected chi connectivity index (χ0v) is 23.6. The van der Waals surface area contributed by atoms with E-state index < -0.39 is 41.5 Å². The molecule has 43 heavy (non-hydrogen) atoms. The highest BCUT2D eigenvalue weighted by molar-refractivity contribution is 6.07. The Bertz CT molecular complexity index is 1830. The number of carbonyl (C=O) groups excluding carboxylic acids is 1. The number of carbonyl (C=O) groups is 1. The van der Waals surface area contributed by atoms with E-state index in [1.807, 2.05) is 4.90 Å². The molecule has 4 aromatic rings. The monoisotopic (exact) mass is 591 g/mol. The van der Waals surface area contributed by atoms with Crippen molar-refractivity contribution in [1.29, 1.82) is 10.5 Å². The molecule has 1 saturated heterocycles. The van der Waals surface area contributed by atoms with E-state index in [0.717, 1.165) is 13.1 Å². The van der Waals surface area contributed by atoms with Crippen molar-refractivity contribution in [2.24, 2.45) is 12.5 Å². The second-order valence-electron chi connectivity index (χ2n) is 10.6. The molecular formula is C29H25F4N9O. The highest BCUT2D eigenvalue weighted by atomic mass is 19.3. The highest BCUT2D eigenvalue weighted by Crippen LogP contribution is 2.40. The van der Waals surface area contributed by atoms with E-state index in [9.17, 15) is 28.5 Å². The number of hydrogen-bond donors (Lipinski definition) is 0. The van der Waals surface area contributed by atoms with Crippen molar-refractivity contribution in [3.05, 3.63) is 54.1 Å². The van der Waals surface area contributed by atoms with Gasteiger partial charge in [0, 0.05) is 55.5 Å². The first-order valence-corrected chi connectivity index (χ1v) is 13.2. The molecule has 5 rings (SSSR count). The van der Waals surface area contributed by atoms with Crippen LogP contribution in [0.25, 0.3) is 33.4 Å². The molecule has 14 heteroatoms. The van der Waals surface area contributed by atoms with Gasteiger partial charge in [-0.15, -0.1) is 0 Å². The van der Waals surface area contributed by atoms with Crippen molar-refractivity contribution in [2.45, 2.75) is 39.3 Å². The van der Waals surface area contributed by atoms with E-state index in [-0.39, 0.29) is 24.3 Å². The maximum absolute atomic E-state index is 15.1. The number of nitriles is 2. The van der Waals surface area contributed by atoms with Crippen LogP contribution in [0.5, 0.6) is 0 Å². The lowest BCUT2D eigenvalue weighted by molar-refractivity contribution is -0.148. The standard InChI is InChI=1S/C29H25F4N9O/c1-15-12-42(28(43)29(3,13-35)27(32)33)16(2)11-41(15)26-23-20(24-21(31)7-17(30)10-36-24)6-5-19(25(23)37-14-38-26)22-8-18(9-34)40(4)39-22/h5-8,10,14-16,27H,11-12H2,1-4H3/t15-,16+,29+/m0/s1. The largest absolute Gasteiger partial charge is 0.349 e. The fourth-order valence-electron chi connectivity index (χ4n) is 5.29. The zero-order chi connectivity index (χ0) is 31.2. The first-order valence-electron chi connectivity index (χ1n) is 13.2. The maximum Gasteiger partial charge on any atom is 0.265 e. The number of alkyl halides is 2. The summed E-state index contributed by atoms with van der Waals surface area (Å²) in [4.78, 5) is 29.2. The molecule has 0 saturated carbocycles. The first-order chi connectivity index (χ1) is 20.4. The molecule has 4 heterocycles. The Morgan fingerprint density at radius 3 is 2.42 bits per heavy atom. The number of hydrogen-bond acceptors (Lipinski definition) is 8. The number of anilines is 1. The predicted octanol–water partition coefficient (Wildman–Crippen LogP) is 4.46. The van der Waals surface area contributed by atoms with Crippen LogP contribution in [0.4, 0.5) is 23.4 Å². The van der Waals surface area contributed by atoms with Crippen LogP contribution in [-0.4, -0.2) is 67.1 Å². The van der Waals surface area contributed by atoms with E-state index in [1.165, 1.54) is 22.0 Å². The Balaban J connectivity index is 1.68. The number of amides is 1. The van der Waals surface area contributed by atoms with Gasteiger partial charge in [0.2, 0.25) is 5.91 Å². The van der Waals surface area contributed by atoms with Gasteiger partial charge >= 0.3 is 0 Å². The molecule has 1 aliphatic heterocycles. The molecule has 0 aliphatic carbocycles. The lowest BCUT2D eigenvalue weighted by Gasteiger charge is -2.46. The van der Waals surface area contributed by atoms with Gasteiger partial charge in [0.15, 0.2) is 11.2 Å². The number of fused-ring (bicyclic) bond motifs is 1. The summed E-state index contributed by atoms with van der Waals surface area (Å²) in [5.41, 5.74) is -0.810. The summed E-state index contributed by atoms with van der Waals surface area (Å²) in [5.74, 6) is -2.40. The number of aryl methyl sites for hydroxylation is 1. The number of aromatic nitrogens is 5. The summed E-state index contributed by atoms with van der Waals surface area (Å²) >= 11 is 0. The van der Waals surface area contributed by atoms with Crippen LogP contribution >= 0.6 is 0 Å². The molecule has 220 valence electrons. The van der Waals surface area contributed by atoms with Crippen LogP contribution in [0.3, 0.4) is 0 Å². The van der Waals surface area contributed by atoms with Crippen molar-refractivity contribution in [3.63, 3.8) is 0 Å². The molecule has 10 nitrogen and oxygen atoms in total. The average Bonchev–Trinajstić information content (AvgIpc) is 3.36. The Morgan fingerprint density at radius 2 is 1.79 bits per heavy atom. The third-order valence-electron chi connectivity index (χ3n) is 7.73. The summed E-state index contributed by atoms with van der Waals surface area (Å²) in [6.07, 6.45) is -0.973. The zero-order valence-electron chi connectivity index (χ0n) is 23.6. The van der Waals surface area contributed by atoms with Gasteiger partial charge < -0.3 is 9.80 Å². The second kappa shape index (κ2) is 10.9. The molecule has 1 amide bonds. The number of pyridine rings is 1. The average molecular weight is 592 g/mol. The van der Waals surface area contributed by atoms with Crippen LogP contribution < -0.4 is 4.90 Å². The Labute approximate surface area is 243 Å². The van der Waals surface area contributed by atoms with Crippen molar-refractivity contribution in [1.82, 2.24) is 29.6 Å². The molecule has 3 atom stereocenters. The minimum Gasteiger partial charge on any atom is -0.349 e. The van der Waals surface area contributed by atoms with Crippen LogP contribution in [0.1, 0.15) is 26.5 Å². The van der Waals surface area contributed by atoms with Crippen LogP contribution in [0.2, 0.25) is 0 Å². The van der Waals surface area contributed by atoms with Crippen LogP contribution in [0, 0.1) is 39.7 Å². The molecule has 0 bridgehead atoms. The summed E-state index contributed by atoms with van der Waals surface area (Å²) in [7, 11) is 1.62. The normalized spacial score (nSPS) is 18.4. The van der Waals surface area contributed by atoms with Crippen molar-refractivity contribution in [3.8, 4) is 34.7 Å². The predicted molar refractivity (Wildman–Crippen MR) is 147 cm³/mol. The number of rotatable bonds is 5. The second-order valence-corrected chi connectivity index (χ2v) is 10.6. The fourth-order valence-corrected chi connectivity index (χ4v) is 5.29. The summed E-state index contributed by atoms with van der Waals surface area (Å²) < 4.78 is 57.8. The smallest absolute Gasteiger partial charge is 0.265 e. The van der Waals surface area contributed by atoms with Gasteiger partial charge in [-0.2, -0.15) is 15.6 Å². The van der Waals surface area contributed by atoms with Gasteiger partial charge in [-0.05, 0) is 26.8 Å². The van der Waals surface area contributed by atoms with E-state index in [2.05, 4.69) is 26.1 Å². The topological polar surface area (TPSA) is 128 Å². The molecule has 0 unspecified atom stereocenters. The van der Waals surface area contributed by atoms with E-state index >= 15 is 4.39 Å². The van der Waals surface area contributed by atoms with Gasteiger partial charge in [0.1, 0.15) is 35.4 Å². The molecule has 0 N–H and O–H groups in total. The number of piperazine rings is 1. The van der Waals surface area contributed by atoms with Crippen molar-refractivity contribution < 1.29 is 22.4 Å². The minimum atomic E-state index is -3.18. The van der Waals surface area contributed by atoms with Gasteiger partial charge in [-0.3, -0.25) is 14.5 Å². The Kier molecular flexibility index (Phi) is 7.48. The molecule has 1 aromatic carbocycles. The van der Waals surface area contributed by atoms with E-state index in [4.69, 9.17) is 0 Å². The van der Waals surface area contributed by atoms with E-state index in [1.54, 1.807) is 39.1 Å². The highest BCUT2D eigenvalue weighted by Gasteiger charge is 2.48. The third kappa shape index (κ3) is 4.88. The molecule has 1 aliphatic rings.